The molecule has 0 bridgehead atoms. The molecule has 1 nitrogen and oxygen atoms in total. The Hall–Kier alpha value is -2.35. The lowest BCUT2D eigenvalue weighted by Gasteiger charge is -2.26. The van der Waals surface area contributed by atoms with Gasteiger partial charge in [-0.05, 0) is 65.8 Å². The van der Waals surface area contributed by atoms with Crippen molar-refractivity contribution >= 4 is 0 Å². The quantitative estimate of drug-likeness (QED) is 0.632. The fraction of sp³-hybridized carbons (Fsp3) is 0.200. The van der Waals surface area contributed by atoms with Crippen molar-refractivity contribution in [3.8, 4) is 22.5 Å². The summed E-state index contributed by atoms with van der Waals surface area (Å²) in [5.41, 5.74) is 5.91. The molecule has 0 amide bonds. The van der Waals surface area contributed by atoms with Gasteiger partial charge in [-0.3, -0.25) is 0 Å². The molecule has 1 N–H and O–H groups in total. The third-order valence-corrected chi connectivity index (χ3v) is 4.61. The number of rotatable bonds is 3. The summed E-state index contributed by atoms with van der Waals surface area (Å²) in [7, 11) is 0. The van der Waals surface area contributed by atoms with E-state index < -0.39 is 0 Å². The summed E-state index contributed by atoms with van der Waals surface area (Å²) in [6.07, 6.45) is 3.81. The van der Waals surface area contributed by atoms with Crippen molar-refractivity contribution in [3.05, 3.63) is 72.0 Å². The third-order valence-electron chi connectivity index (χ3n) is 4.61. The van der Waals surface area contributed by atoms with Crippen LogP contribution in [0.4, 0.5) is 4.39 Å². The number of H-pyrrole nitrogens is 1. The van der Waals surface area contributed by atoms with E-state index in [1.807, 2.05) is 18.2 Å². The molecule has 1 aliphatic carbocycles. The van der Waals surface area contributed by atoms with Gasteiger partial charge >= 0.3 is 0 Å². The third kappa shape index (κ3) is 2.35. The molecule has 0 saturated heterocycles. The average molecular weight is 291 g/mol. The molecule has 110 valence electrons. The zero-order chi connectivity index (χ0) is 14.9. The Morgan fingerprint density at radius 3 is 2.23 bits per heavy atom. The predicted octanol–water partition coefficient (Wildman–Crippen LogP) is 5.76. The van der Waals surface area contributed by atoms with Crippen molar-refractivity contribution in [1.29, 1.82) is 0 Å². The van der Waals surface area contributed by atoms with Gasteiger partial charge in [0, 0.05) is 11.4 Å². The summed E-state index contributed by atoms with van der Waals surface area (Å²) < 4.78 is 13.2. The molecule has 0 unspecified atom stereocenters. The van der Waals surface area contributed by atoms with Crippen LogP contribution in [0.25, 0.3) is 22.5 Å². The second kappa shape index (κ2) is 5.45. The van der Waals surface area contributed by atoms with E-state index in [1.165, 1.54) is 42.5 Å². The van der Waals surface area contributed by atoms with Crippen LogP contribution < -0.4 is 0 Å². The van der Waals surface area contributed by atoms with Crippen LogP contribution in [0, 0.1) is 5.82 Å². The topological polar surface area (TPSA) is 15.8 Å². The first kappa shape index (κ1) is 13.3. The van der Waals surface area contributed by atoms with Crippen molar-refractivity contribution in [1.82, 2.24) is 4.98 Å². The zero-order valence-corrected chi connectivity index (χ0v) is 12.4. The van der Waals surface area contributed by atoms with E-state index in [9.17, 15) is 4.39 Å². The number of nitrogens with one attached hydrogen (secondary N) is 1. The molecule has 0 aliphatic heterocycles. The van der Waals surface area contributed by atoms with Crippen molar-refractivity contribution in [2.45, 2.75) is 25.2 Å². The summed E-state index contributed by atoms with van der Waals surface area (Å²) in [5.74, 6) is 0.442. The monoisotopic (exact) mass is 291 g/mol. The Morgan fingerprint density at radius 1 is 0.864 bits per heavy atom. The summed E-state index contributed by atoms with van der Waals surface area (Å²) in [6.45, 7) is 0. The van der Waals surface area contributed by atoms with Crippen LogP contribution in [0.5, 0.6) is 0 Å². The molecule has 2 aromatic carbocycles. The lowest BCUT2D eigenvalue weighted by atomic mass is 9.79. The van der Waals surface area contributed by atoms with Gasteiger partial charge in [-0.25, -0.2) is 4.39 Å². The molecule has 0 radical (unpaired) electrons. The van der Waals surface area contributed by atoms with Crippen LogP contribution in [0.2, 0.25) is 0 Å². The molecule has 1 fully saturated rings. The Labute approximate surface area is 129 Å². The molecule has 4 rings (SSSR count). The summed E-state index contributed by atoms with van der Waals surface area (Å²) in [4.78, 5) is 3.56. The van der Waals surface area contributed by atoms with E-state index in [4.69, 9.17) is 0 Å². The van der Waals surface area contributed by atoms with Crippen LogP contribution in [0.1, 0.15) is 30.7 Å². The van der Waals surface area contributed by atoms with Crippen LogP contribution in [-0.4, -0.2) is 4.98 Å². The molecular formula is C20H18FN. The highest BCUT2D eigenvalue weighted by Gasteiger charge is 2.25. The number of benzene rings is 2. The Kier molecular flexibility index (Phi) is 3.30. The van der Waals surface area contributed by atoms with E-state index in [2.05, 4.69) is 35.3 Å². The number of aromatic amines is 1. The van der Waals surface area contributed by atoms with E-state index in [0.717, 1.165) is 17.0 Å². The summed E-state index contributed by atoms with van der Waals surface area (Å²) in [5, 5.41) is 0. The number of hydrogen-bond donors (Lipinski definition) is 1. The predicted molar refractivity (Wildman–Crippen MR) is 88.2 cm³/mol. The number of hydrogen-bond acceptors (Lipinski definition) is 0. The van der Waals surface area contributed by atoms with Crippen LogP contribution in [0.15, 0.2) is 60.7 Å². The second-order valence-electron chi connectivity index (χ2n) is 6.01. The van der Waals surface area contributed by atoms with Crippen molar-refractivity contribution in [2.75, 3.05) is 0 Å². The van der Waals surface area contributed by atoms with E-state index >= 15 is 0 Å². The van der Waals surface area contributed by atoms with Crippen molar-refractivity contribution < 1.29 is 4.39 Å². The Morgan fingerprint density at radius 2 is 1.59 bits per heavy atom. The Bertz CT molecular complexity index is 767. The molecule has 3 aromatic rings. The maximum Gasteiger partial charge on any atom is 0.123 e. The standard InChI is InChI=1S/C20H18FN/c21-17-11-9-16(10-12-17)20-18(14-7-4-8-14)13-19(22-20)15-5-2-1-3-6-15/h1-3,5-6,9-14,22H,4,7-8H2. The molecule has 1 saturated carbocycles. The highest BCUT2D eigenvalue weighted by Crippen LogP contribution is 2.42. The normalized spacial score (nSPS) is 14.8. The maximum absolute atomic E-state index is 13.2. The summed E-state index contributed by atoms with van der Waals surface area (Å²) >= 11 is 0. The molecule has 0 atom stereocenters. The van der Waals surface area contributed by atoms with Gasteiger partial charge in [-0.1, -0.05) is 36.8 Å². The minimum atomic E-state index is -0.191. The van der Waals surface area contributed by atoms with Gasteiger partial charge in [-0.2, -0.15) is 0 Å². The first-order valence-corrected chi connectivity index (χ1v) is 7.85. The van der Waals surface area contributed by atoms with Gasteiger partial charge in [0.25, 0.3) is 0 Å². The molecule has 1 aromatic heterocycles. The minimum absolute atomic E-state index is 0.191. The maximum atomic E-state index is 13.2. The lowest BCUT2D eigenvalue weighted by Crippen LogP contribution is -2.08. The van der Waals surface area contributed by atoms with Crippen LogP contribution >= 0.6 is 0 Å². The minimum Gasteiger partial charge on any atom is -0.354 e. The van der Waals surface area contributed by atoms with Gasteiger partial charge in [0.15, 0.2) is 0 Å². The van der Waals surface area contributed by atoms with E-state index in [0.29, 0.717) is 5.92 Å². The van der Waals surface area contributed by atoms with Crippen molar-refractivity contribution in [3.63, 3.8) is 0 Å². The number of halogens is 1. The van der Waals surface area contributed by atoms with Crippen LogP contribution in [-0.2, 0) is 0 Å². The number of aromatic nitrogens is 1. The highest BCUT2D eigenvalue weighted by molar-refractivity contribution is 5.72. The van der Waals surface area contributed by atoms with Crippen LogP contribution in [0.3, 0.4) is 0 Å². The first-order chi connectivity index (χ1) is 10.8. The van der Waals surface area contributed by atoms with Gasteiger partial charge in [0.05, 0.1) is 0 Å². The van der Waals surface area contributed by atoms with Gasteiger partial charge in [0.1, 0.15) is 5.82 Å². The molecular weight excluding hydrogens is 273 g/mol. The molecule has 2 heteroatoms. The van der Waals surface area contributed by atoms with E-state index in [1.54, 1.807) is 0 Å². The highest BCUT2D eigenvalue weighted by atomic mass is 19.1. The zero-order valence-electron chi connectivity index (χ0n) is 12.4. The molecule has 1 aliphatic rings. The fourth-order valence-electron chi connectivity index (χ4n) is 3.14. The lowest BCUT2D eigenvalue weighted by molar-refractivity contribution is 0.421. The van der Waals surface area contributed by atoms with E-state index in [-0.39, 0.29) is 5.82 Å². The summed E-state index contributed by atoms with van der Waals surface area (Å²) in [6, 6.07) is 19.4. The van der Waals surface area contributed by atoms with Gasteiger partial charge < -0.3 is 4.98 Å². The first-order valence-electron chi connectivity index (χ1n) is 7.85. The fourth-order valence-corrected chi connectivity index (χ4v) is 3.14. The Balaban J connectivity index is 1.81. The SMILES string of the molecule is Fc1ccc(-c2[nH]c(-c3ccccc3)cc2C2CCC2)cc1. The molecule has 1 heterocycles. The smallest absolute Gasteiger partial charge is 0.123 e. The molecule has 22 heavy (non-hydrogen) atoms. The largest absolute Gasteiger partial charge is 0.354 e. The second-order valence-corrected chi connectivity index (χ2v) is 6.01. The molecule has 0 spiro atoms. The average Bonchev–Trinajstić information content (AvgIpc) is 2.92. The van der Waals surface area contributed by atoms with Gasteiger partial charge in [0.2, 0.25) is 0 Å². The van der Waals surface area contributed by atoms with Gasteiger partial charge in [-0.15, -0.1) is 0 Å². The van der Waals surface area contributed by atoms with Crippen molar-refractivity contribution in [2.24, 2.45) is 0 Å².